The zero-order chi connectivity index (χ0) is 15.2. The van der Waals surface area contributed by atoms with Crippen LogP contribution in [0.4, 0.5) is 13.2 Å². The predicted octanol–water partition coefficient (Wildman–Crippen LogP) is 3.36. The van der Waals surface area contributed by atoms with Crippen molar-refractivity contribution in [3.05, 3.63) is 22.5 Å². The molecule has 19 heavy (non-hydrogen) atoms. The molecular weight excluding hydrogens is 263 g/mol. The Balaban J connectivity index is 0.00000154. The number of alkyl halides is 3. The van der Waals surface area contributed by atoms with E-state index >= 15 is 0 Å². The fourth-order valence-electron chi connectivity index (χ4n) is 1.44. The summed E-state index contributed by atoms with van der Waals surface area (Å²) in [5.41, 5.74) is -2.48. The van der Waals surface area contributed by atoms with Crippen molar-refractivity contribution in [3.8, 4) is 0 Å². The molecule has 0 aliphatic rings. The maximum Gasteiger partial charge on any atom is 0.419 e. The number of ether oxygens (including phenoxy) is 1. The average molecular weight is 279 g/mol. The lowest BCUT2D eigenvalue weighted by Crippen LogP contribution is -2.14. The van der Waals surface area contributed by atoms with Crippen LogP contribution >= 0.6 is 0 Å². The Kier molecular flexibility index (Phi) is 6.31. The van der Waals surface area contributed by atoms with Crippen molar-refractivity contribution < 1.29 is 27.5 Å². The maximum absolute atomic E-state index is 12.7. The number of hydrogen-bond donors (Lipinski definition) is 1. The minimum atomic E-state index is -4.72. The monoisotopic (exact) mass is 279 g/mol. The zero-order valence-corrected chi connectivity index (χ0v) is 11.1. The number of nitrogens with one attached hydrogen (secondary N) is 1. The van der Waals surface area contributed by atoms with Gasteiger partial charge in [0.05, 0.1) is 17.9 Å². The number of H-pyrrole nitrogens is 1. The summed E-state index contributed by atoms with van der Waals surface area (Å²) in [5, 5.41) is 0. The Morgan fingerprint density at radius 2 is 1.89 bits per heavy atom. The van der Waals surface area contributed by atoms with Gasteiger partial charge >= 0.3 is 12.1 Å². The summed E-state index contributed by atoms with van der Waals surface area (Å²) >= 11 is 0. The molecule has 108 valence electrons. The van der Waals surface area contributed by atoms with Crippen molar-refractivity contribution in [1.82, 2.24) is 4.98 Å². The van der Waals surface area contributed by atoms with Gasteiger partial charge in [0.2, 0.25) is 0 Å². The van der Waals surface area contributed by atoms with E-state index in [1.807, 2.05) is 13.8 Å². The molecule has 0 amide bonds. The van der Waals surface area contributed by atoms with Gasteiger partial charge in [-0.3, -0.25) is 4.79 Å². The molecule has 0 aromatic carbocycles. The van der Waals surface area contributed by atoms with Crippen LogP contribution in [0.25, 0.3) is 0 Å². The van der Waals surface area contributed by atoms with Gasteiger partial charge in [-0.25, -0.2) is 4.79 Å². The molecule has 0 radical (unpaired) electrons. The van der Waals surface area contributed by atoms with E-state index in [2.05, 4.69) is 9.72 Å². The first-order valence-corrected chi connectivity index (χ1v) is 5.75. The van der Waals surface area contributed by atoms with Crippen molar-refractivity contribution in [2.24, 2.45) is 0 Å². The van der Waals surface area contributed by atoms with Crippen LogP contribution in [0.5, 0.6) is 0 Å². The van der Waals surface area contributed by atoms with Crippen molar-refractivity contribution in [2.45, 2.75) is 33.9 Å². The molecule has 1 N–H and O–H groups in total. The molecule has 0 bridgehead atoms. The van der Waals surface area contributed by atoms with E-state index in [-0.39, 0.29) is 24.2 Å². The number of hydrogen-bond acceptors (Lipinski definition) is 3. The predicted molar refractivity (Wildman–Crippen MR) is 63.2 cm³/mol. The summed E-state index contributed by atoms with van der Waals surface area (Å²) in [7, 11) is 0. The standard InChI is InChI=1S/C10H10F3NO3.C2H6/c1-3-17-9(16)8-7(10(11,12)13)5(2)6(4-15)14-8;1-2/h4,14H,3H2,1-2H3;1-2H3. The van der Waals surface area contributed by atoms with E-state index in [9.17, 15) is 22.8 Å². The van der Waals surface area contributed by atoms with Crippen molar-refractivity contribution in [1.29, 1.82) is 0 Å². The summed E-state index contributed by atoms with van der Waals surface area (Å²) in [6.45, 7) is 6.54. The lowest BCUT2D eigenvalue weighted by Gasteiger charge is -2.08. The Labute approximate surface area is 108 Å². The van der Waals surface area contributed by atoms with Crippen LogP contribution in [-0.2, 0) is 10.9 Å². The van der Waals surface area contributed by atoms with E-state index in [1.165, 1.54) is 6.92 Å². The van der Waals surface area contributed by atoms with Gasteiger partial charge in [-0.2, -0.15) is 13.2 Å². The van der Waals surface area contributed by atoms with Gasteiger partial charge in [-0.1, -0.05) is 13.8 Å². The van der Waals surface area contributed by atoms with Crippen LogP contribution in [0.3, 0.4) is 0 Å². The third kappa shape index (κ3) is 3.84. The van der Waals surface area contributed by atoms with E-state index in [1.54, 1.807) is 0 Å². The van der Waals surface area contributed by atoms with E-state index in [4.69, 9.17) is 0 Å². The number of aldehydes is 1. The molecule has 0 saturated heterocycles. The van der Waals surface area contributed by atoms with E-state index in [0.717, 1.165) is 6.92 Å². The second-order valence-corrected chi connectivity index (χ2v) is 3.25. The first-order chi connectivity index (χ1) is 8.82. The summed E-state index contributed by atoms with van der Waals surface area (Å²) in [4.78, 5) is 24.0. The normalized spacial score (nSPS) is 10.5. The molecule has 1 heterocycles. The van der Waals surface area contributed by atoms with Crippen LogP contribution in [0, 0.1) is 6.92 Å². The third-order valence-electron chi connectivity index (χ3n) is 2.17. The van der Waals surface area contributed by atoms with Gasteiger partial charge in [0.25, 0.3) is 0 Å². The highest BCUT2D eigenvalue weighted by Gasteiger charge is 2.40. The highest BCUT2D eigenvalue weighted by atomic mass is 19.4. The lowest BCUT2D eigenvalue weighted by molar-refractivity contribution is -0.138. The largest absolute Gasteiger partial charge is 0.461 e. The SMILES string of the molecule is CC.CCOC(=O)c1[nH]c(C=O)c(C)c1C(F)(F)F. The highest BCUT2D eigenvalue weighted by Crippen LogP contribution is 2.35. The molecule has 1 rings (SSSR count). The molecule has 7 heteroatoms. The van der Waals surface area contributed by atoms with Crippen molar-refractivity contribution in [2.75, 3.05) is 6.61 Å². The molecule has 0 aliphatic carbocycles. The smallest absolute Gasteiger partial charge is 0.419 e. The lowest BCUT2D eigenvalue weighted by atomic mass is 10.1. The molecule has 1 aromatic rings. The number of carbonyl (C=O) groups is 2. The van der Waals surface area contributed by atoms with E-state index < -0.39 is 23.4 Å². The Morgan fingerprint density at radius 3 is 2.26 bits per heavy atom. The Hall–Kier alpha value is -1.79. The zero-order valence-electron chi connectivity index (χ0n) is 11.1. The van der Waals surface area contributed by atoms with Crippen molar-refractivity contribution in [3.63, 3.8) is 0 Å². The second-order valence-electron chi connectivity index (χ2n) is 3.25. The summed E-state index contributed by atoms with van der Waals surface area (Å²) in [6, 6.07) is 0. The second kappa shape index (κ2) is 6.96. The maximum atomic E-state index is 12.7. The van der Waals surface area contributed by atoms with Gasteiger partial charge in [0.1, 0.15) is 5.69 Å². The molecular formula is C12H16F3NO3. The molecule has 0 aliphatic heterocycles. The van der Waals surface area contributed by atoms with Crippen LogP contribution in [0.2, 0.25) is 0 Å². The molecule has 1 aromatic heterocycles. The molecule has 0 saturated carbocycles. The van der Waals surface area contributed by atoms with Gasteiger partial charge in [0.15, 0.2) is 6.29 Å². The Bertz CT molecular complexity index is 450. The number of rotatable bonds is 3. The third-order valence-corrected chi connectivity index (χ3v) is 2.17. The molecule has 0 unspecified atom stereocenters. The Morgan fingerprint density at radius 1 is 1.37 bits per heavy atom. The summed E-state index contributed by atoms with van der Waals surface area (Å²) < 4.78 is 42.6. The van der Waals surface area contributed by atoms with Crippen LogP contribution < -0.4 is 0 Å². The summed E-state index contributed by atoms with van der Waals surface area (Å²) in [5.74, 6) is -1.13. The topological polar surface area (TPSA) is 59.2 Å². The van der Waals surface area contributed by atoms with Gasteiger partial charge < -0.3 is 9.72 Å². The minimum Gasteiger partial charge on any atom is -0.461 e. The number of aromatic nitrogens is 1. The number of esters is 1. The van der Waals surface area contributed by atoms with Crippen LogP contribution in [0.1, 0.15) is 52.9 Å². The highest BCUT2D eigenvalue weighted by molar-refractivity contribution is 5.92. The van der Waals surface area contributed by atoms with Gasteiger partial charge in [-0.05, 0) is 19.4 Å². The molecule has 0 atom stereocenters. The summed E-state index contributed by atoms with van der Waals surface area (Å²) in [6.07, 6.45) is -4.49. The van der Waals surface area contributed by atoms with Gasteiger partial charge in [0, 0.05) is 0 Å². The number of halogens is 3. The van der Waals surface area contributed by atoms with E-state index in [0.29, 0.717) is 0 Å². The molecule has 0 spiro atoms. The first kappa shape index (κ1) is 17.2. The number of aromatic amines is 1. The minimum absolute atomic E-state index is 0.0510. The van der Waals surface area contributed by atoms with Crippen LogP contribution in [-0.4, -0.2) is 23.8 Å². The first-order valence-electron chi connectivity index (χ1n) is 5.75. The molecule has 4 nitrogen and oxygen atoms in total. The van der Waals surface area contributed by atoms with Crippen molar-refractivity contribution >= 4 is 12.3 Å². The molecule has 0 fully saturated rings. The average Bonchev–Trinajstić information content (AvgIpc) is 2.69. The quantitative estimate of drug-likeness (QED) is 0.681. The fourth-order valence-corrected chi connectivity index (χ4v) is 1.44. The van der Waals surface area contributed by atoms with Gasteiger partial charge in [-0.15, -0.1) is 0 Å². The van der Waals surface area contributed by atoms with Crippen LogP contribution in [0.15, 0.2) is 0 Å². The fraction of sp³-hybridized carbons (Fsp3) is 0.500. The number of carbonyl (C=O) groups excluding carboxylic acids is 2.